The van der Waals surface area contributed by atoms with Crippen molar-refractivity contribution in [1.82, 2.24) is 25.3 Å². The van der Waals surface area contributed by atoms with Crippen LogP contribution in [0.1, 0.15) is 19.3 Å². The van der Waals surface area contributed by atoms with E-state index in [9.17, 15) is 0 Å². The summed E-state index contributed by atoms with van der Waals surface area (Å²) in [6.07, 6.45) is 3.34. The zero-order valence-electron chi connectivity index (χ0n) is 9.83. The van der Waals surface area contributed by atoms with E-state index in [-0.39, 0.29) is 0 Å². The number of hydrogen-bond donors (Lipinski definition) is 1. The minimum atomic E-state index is 0.649. The van der Waals surface area contributed by atoms with Gasteiger partial charge in [0.1, 0.15) is 5.82 Å². The van der Waals surface area contributed by atoms with E-state index >= 15 is 0 Å². The van der Waals surface area contributed by atoms with Crippen molar-refractivity contribution >= 4 is 11.5 Å². The number of ether oxygens (including phenoxy) is 1. The van der Waals surface area contributed by atoms with E-state index in [2.05, 4.69) is 25.9 Å². The molecule has 0 saturated heterocycles. The van der Waals surface area contributed by atoms with Gasteiger partial charge in [-0.05, 0) is 41.8 Å². The Morgan fingerprint density at radius 3 is 3.12 bits per heavy atom. The fraction of sp³-hybridized carbons (Fsp3) is 0.600. The topological polar surface area (TPSA) is 77.2 Å². The fourth-order valence-electron chi connectivity index (χ4n) is 1.51. The summed E-state index contributed by atoms with van der Waals surface area (Å²) in [5.41, 5.74) is 0.649. The Morgan fingerprint density at radius 1 is 1.29 bits per heavy atom. The van der Waals surface area contributed by atoms with Crippen LogP contribution in [0.5, 0.6) is 0 Å². The molecule has 0 bridgehead atoms. The largest absolute Gasteiger partial charge is 0.385 e. The van der Waals surface area contributed by atoms with Crippen molar-refractivity contribution in [3.8, 4) is 0 Å². The second-order valence-corrected chi connectivity index (χ2v) is 3.73. The molecule has 17 heavy (non-hydrogen) atoms. The average molecular weight is 236 g/mol. The molecule has 2 aromatic rings. The molecular formula is C10H16N6O. The number of fused-ring (bicyclic) bond motifs is 1. The van der Waals surface area contributed by atoms with Crippen molar-refractivity contribution in [2.45, 2.75) is 19.3 Å². The van der Waals surface area contributed by atoms with E-state index < -0.39 is 0 Å². The van der Waals surface area contributed by atoms with Gasteiger partial charge in [-0.2, -0.15) is 0 Å². The van der Waals surface area contributed by atoms with Crippen LogP contribution in [0.15, 0.2) is 12.1 Å². The van der Waals surface area contributed by atoms with Crippen LogP contribution >= 0.6 is 0 Å². The number of unbranched alkanes of at least 4 members (excludes halogenated alkanes) is 2. The first-order valence-corrected chi connectivity index (χ1v) is 5.68. The Hall–Kier alpha value is -1.76. The van der Waals surface area contributed by atoms with Gasteiger partial charge < -0.3 is 10.1 Å². The zero-order chi connectivity index (χ0) is 11.9. The highest BCUT2D eigenvalue weighted by atomic mass is 16.5. The Kier molecular flexibility index (Phi) is 4.20. The van der Waals surface area contributed by atoms with Crippen LogP contribution in [0.2, 0.25) is 0 Å². The first-order valence-electron chi connectivity index (χ1n) is 5.68. The molecule has 0 spiro atoms. The Bertz CT molecular complexity index is 457. The average Bonchev–Trinajstić information content (AvgIpc) is 2.81. The molecule has 2 heterocycles. The Morgan fingerprint density at radius 2 is 2.24 bits per heavy atom. The van der Waals surface area contributed by atoms with Crippen molar-refractivity contribution in [2.75, 3.05) is 25.6 Å². The van der Waals surface area contributed by atoms with Crippen molar-refractivity contribution in [3.63, 3.8) is 0 Å². The summed E-state index contributed by atoms with van der Waals surface area (Å²) >= 11 is 0. The lowest BCUT2D eigenvalue weighted by Gasteiger charge is -2.04. The van der Waals surface area contributed by atoms with E-state index in [1.807, 2.05) is 12.1 Å². The molecule has 0 atom stereocenters. The van der Waals surface area contributed by atoms with E-state index in [1.165, 1.54) is 4.63 Å². The molecule has 2 aromatic heterocycles. The van der Waals surface area contributed by atoms with Gasteiger partial charge in [0.2, 0.25) is 0 Å². The summed E-state index contributed by atoms with van der Waals surface area (Å²) in [6, 6.07) is 3.71. The minimum absolute atomic E-state index is 0.649. The molecule has 1 N–H and O–H groups in total. The first kappa shape index (κ1) is 11.7. The second kappa shape index (κ2) is 6.09. The van der Waals surface area contributed by atoms with Gasteiger partial charge in [-0.1, -0.05) is 0 Å². The standard InChI is InChI=1S/C10H16N6O/c1-17-8-4-2-3-7-11-9-5-6-10-12-14-15-16(10)13-9/h5-6H,2-4,7-8H2,1H3,(H,11,13). The number of nitrogens with one attached hydrogen (secondary N) is 1. The number of methoxy groups -OCH3 is 1. The third-order valence-electron chi connectivity index (χ3n) is 2.40. The molecule has 2 rings (SSSR count). The predicted molar refractivity (Wildman–Crippen MR) is 62.8 cm³/mol. The van der Waals surface area contributed by atoms with Gasteiger partial charge in [-0.25, -0.2) is 0 Å². The van der Waals surface area contributed by atoms with E-state index in [1.54, 1.807) is 7.11 Å². The van der Waals surface area contributed by atoms with Crippen molar-refractivity contribution in [1.29, 1.82) is 0 Å². The lowest BCUT2D eigenvalue weighted by Crippen LogP contribution is -2.06. The lowest BCUT2D eigenvalue weighted by molar-refractivity contribution is 0.192. The Labute approximate surface area is 99.2 Å². The van der Waals surface area contributed by atoms with Gasteiger partial charge >= 0.3 is 0 Å². The van der Waals surface area contributed by atoms with E-state index in [0.29, 0.717) is 5.65 Å². The number of anilines is 1. The van der Waals surface area contributed by atoms with Crippen LogP contribution in [-0.4, -0.2) is 45.5 Å². The Balaban J connectivity index is 1.75. The minimum Gasteiger partial charge on any atom is -0.385 e. The summed E-state index contributed by atoms with van der Waals surface area (Å²) in [5.74, 6) is 0.788. The molecule has 0 aromatic carbocycles. The van der Waals surface area contributed by atoms with Crippen LogP contribution in [0, 0.1) is 0 Å². The van der Waals surface area contributed by atoms with Gasteiger partial charge in [0.25, 0.3) is 0 Å². The molecule has 0 aliphatic heterocycles. The quantitative estimate of drug-likeness (QED) is 0.715. The number of tetrazole rings is 1. The molecule has 92 valence electrons. The molecule has 0 saturated carbocycles. The van der Waals surface area contributed by atoms with Gasteiger partial charge in [-0.3, -0.25) is 0 Å². The van der Waals surface area contributed by atoms with Crippen molar-refractivity contribution in [2.24, 2.45) is 0 Å². The van der Waals surface area contributed by atoms with Crippen LogP contribution in [0.25, 0.3) is 5.65 Å². The summed E-state index contributed by atoms with van der Waals surface area (Å²) in [4.78, 5) is 0. The highest BCUT2D eigenvalue weighted by Gasteiger charge is 1.99. The summed E-state index contributed by atoms with van der Waals surface area (Å²) < 4.78 is 6.40. The van der Waals surface area contributed by atoms with Crippen LogP contribution in [0.4, 0.5) is 5.82 Å². The maximum atomic E-state index is 4.99. The number of nitrogens with zero attached hydrogens (tertiary/aromatic N) is 5. The van der Waals surface area contributed by atoms with Crippen molar-refractivity contribution in [3.05, 3.63) is 12.1 Å². The molecule has 7 heteroatoms. The molecule has 0 aliphatic rings. The second-order valence-electron chi connectivity index (χ2n) is 3.73. The normalized spacial score (nSPS) is 10.9. The van der Waals surface area contributed by atoms with Gasteiger partial charge in [0, 0.05) is 20.3 Å². The lowest BCUT2D eigenvalue weighted by atomic mass is 10.2. The van der Waals surface area contributed by atoms with Crippen LogP contribution in [-0.2, 0) is 4.74 Å². The molecule has 0 fully saturated rings. The SMILES string of the molecule is COCCCCCNc1ccc2nnnn2n1. The monoisotopic (exact) mass is 236 g/mol. The zero-order valence-corrected chi connectivity index (χ0v) is 9.83. The molecule has 0 radical (unpaired) electrons. The summed E-state index contributed by atoms with van der Waals surface area (Å²) in [5, 5.41) is 18.5. The third-order valence-corrected chi connectivity index (χ3v) is 2.40. The van der Waals surface area contributed by atoms with Gasteiger partial charge in [-0.15, -0.1) is 14.8 Å². The molecule has 7 nitrogen and oxygen atoms in total. The van der Waals surface area contributed by atoms with Crippen molar-refractivity contribution < 1.29 is 4.74 Å². The molecule has 0 unspecified atom stereocenters. The fourth-order valence-corrected chi connectivity index (χ4v) is 1.51. The van der Waals surface area contributed by atoms with E-state index in [4.69, 9.17) is 4.74 Å². The van der Waals surface area contributed by atoms with Gasteiger partial charge in [0.15, 0.2) is 5.65 Å². The van der Waals surface area contributed by atoms with Crippen LogP contribution < -0.4 is 5.32 Å². The van der Waals surface area contributed by atoms with E-state index in [0.717, 1.165) is 38.2 Å². The smallest absolute Gasteiger partial charge is 0.200 e. The molecule has 0 aliphatic carbocycles. The maximum absolute atomic E-state index is 4.99. The number of hydrogen-bond acceptors (Lipinski definition) is 6. The van der Waals surface area contributed by atoms with Crippen LogP contribution in [0.3, 0.4) is 0 Å². The maximum Gasteiger partial charge on any atom is 0.200 e. The third kappa shape index (κ3) is 3.35. The predicted octanol–water partition coefficient (Wildman–Crippen LogP) is 0.748. The highest BCUT2D eigenvalue weighted by molar-refractivity contribution is 5.41. The molecule has 0 amide bonds. The summed E-state index contributed by atoms with van der Waals surface area (Å²) in [6.45, 7) is 1.72. The number of aromatic nitrogens is 5. The summed E-state index contributed by atoms with van der Waals surface area (Å²) in [7, 11) is 1.73. The van der Waals surface area contributed by atoms with Gasteiger partial charge in [0.05, 0.1) is 0 Å². The number of rotatable bonds is 7. The molecular weight excluding hydrogens is 220 g/mol. The highest BCUT2D eigenvalue weighted by Crippen LogP contribution is 2.04. The first-order chi connectivity index (χ1) is 8.40.